The van der Waals surface area contributed by atoms with Crippen molar-refractivity contribution < 1.29 is 21.6 Å². The maximum Gasteiger partial charge on any atom is 0.498 e. The fourth-order valence-corrected chi connectivity index (χ4v) is 1.26. The fourth-order valence-electron chi connectivity index (χ4n) is 0.771. The Morgan fingerprint density at radius 1 is 1.43 bits per heavy atom. The van der Waals surface area contributed by atoms with E-state index >= 15 is 0 Å². The first-order valence-corrected chi connectivity index (χ1v) is 4.39. The molecule has 0 aliphatic rings. The van der Waals surface area contributed by atoms with Gasteiger partial charge in [0.05, 0.1) is 18.1 Å². The standard InChI is InChI=1S/C6H4F3N2O2S/c7-6(8,9)11(14(12)13)5-2-1-3-10-4-5/h1-2,4,14H. The third kappa shape index (κ3) is 2.34. The summed E-state index contributed by atoms with van der Waals surface area (Å²) in [6, 6.07) is 2.04. The first kappa shape index (κ1) is 10.8. The van der Waals surface area contributed by atoms with E-state index in [-0.39, 0.29) is 0 Å². The molecule has 1 aromatic rings. The van der Waals surface area contributed by atoms with Gasteiger partial charge in [-0.3, -0.25) is 4.98 Å². The van der Waals surface area contributed by atoms with Crippen LogP contribution in [-0.4, -0.2) is 19.7 Å². The van der Waals surface area contributed by atoms with Gasteiger partial charge >= 0.3 is 6.30 Å². The zero-order valence-corrected chi connectivity index (χ0v) is 7.42. The van der Waals surface area contributed by atoms with Gasteiger partial charge in [-0.1, -0.05) is 0 Å². The molecule has 14 heavy (non-hydrogen) atoms. The highest BCUT2D eigenvalue weighted by atomic mass is 32.2. The SMILES string of the molecule is O=[SH](=O)N(c1cc[c]nc1)C(F)(F)F. The van der Waals surface area contributed by atoms with Gasteiger partial charge in [-0.25, -0.2) is 8.42 Å². The molecule has 0 bridgehead atoms. The van der Waals surface area contributed by atoms with Gasteiger partial charge in [0.1, 0.15) is 0 Å². The van der Waals surface area contributed by atoms with Gasteiger partial charge in [-0.05, 0) is 12.1 Å². The summed E-state index contributed by atoms with van der Waals surface area (Å²) in [6.45, 7) is 0. The smallest absolute Gasteiger partial charge is 0.252 e. The maximum absolute atomic E-state index is 12.2. The van der Waals surface area contributed by atoms with Crippen molar-refractivity contribution in [1.82, 2.24) is 4.98 Å². The Kier molecular flexibility index (Phi) is 2.94. The summed E-state index contributed by atoms with van der Waals surface area (Å²) in [5, 5.41) is 0. The Labute approximate surface area is 79.1 Å². The van der Waals surface area contributed by atoms with Crippen molar-refractivity contribution in [2.24, 2.45) is 0 Å². The van der Waals surface area contributed by atoms with Crippen molar-refractivity contribution in [2.75, 3.05) is 4.31 Å². The van der Waals surface area contributed by atoms with Crippen LogP contribution in [0.5, 0.6) is 0 Å². The van der Waals surface area contributed by atoms with Crippen LogP contribution in [0.25, 0.3) is 0 Å². The molecule has 4 nitrogen and oxygen atoms in total. The maximum atomic E-state index is 12.2. The summed E-state index contributed by atoms with van der Waals surface area (Å²) in [6.07, 6.45) is -1.97. The molecule has 0 aliphatic carbocycles. The molecule has 0 aliphatic heterocycles. The number of thiol groups is 1. The summed E-state index contributed by atoms with van der Waals surface area (Å²) in [4.78, 5) is 3.27. The van der Waals surface area contributed by atoms with Crippen molar-refractivity contribution in [1.29, 1.82) is 0 Å². The molecule has 0 unspecified atom stereocenters. The number of pyridine rings is 1. The van der Waals surface area contributed by atoms with Crippen molar-refractivity contribution in [3.8, 4) is 0 Å². The highest BCUT2D eigenvalue weighted by molar-refractivity contribution is 7.74. The Bertz CT molecular complexity index is 368. The van der Waals surface area contributed by atoms with Gasteiger partial charge in [0.25, 0.3) is 0 Å². The van der Waals surface area contributed by atoms with E-state index in [9.17, 15) is 21.6 Å². The van der Waals surface area contributed by atoms with Gasteiger partial charge in [0, 0.05) is 0 Å². The molecule has 0 saturated heterocycles. The van der Waals surface area contributed by atoms with Crippen LogP contribution in [-0.2, 0) is 10.9 Å². The lowest BCUT2D eigenvalue weighted by Crippen LogP contribution is -2.36. The van der Waals surface area contributed by atoms with Gasteiger partial charge < -0.3 is 0 Å². The average molecular weight is 225 g/mol. The van der Waals surface area contributed by atoms with Crippen LogP contribution in [0.4, 0.5) is 18.9 Å². The van der Waals surface area contributed by atoms with Crippen LogP contribution in [0.2, 0.25) is 0 Å². The first-order valence-electron chi connectivity index (χ1n) is 3.26. The zero-order valence-electron chi connectivity index (χ0n) is 6.52. The zero-order chi connectivity index (χ0) is 10.8. The lowest BCUT2D eigenvalue weighted by atomic mass is 10.4. The predicted molar refractivity (Wildman–Crippen MR) is 41.9 cm³/mol. The van der Waals surface area contributed by atoms with Crippen LogP contribution in [0.3, 0.4) is 0 Å². The van der Waals surface area contributed by atoms with Crippen LogP contribution < -0.4 is 4.31 Å². The summed E-state index contributed by atoms with van der Waals surface area (Å²) in [5.74, 6) is 0. The quantitative estimate of drug-likeness (QED) is 0.596. The van der Waals surface area contributed by atoms with E-state index in [1.807, 2.05) is 0 Å². The van der Waals surface area contributed by atoms with Gasteiger partial charge in [0.2, 0.25) is 10.9 Å². The minimum atomic E-state index is -4.97. The van der Waals surface area contributed by atoms with Crippen molar-refractivity contribution >= 4 is 16.6 Å². The minimum Gasteiger partial charge on any atom is -0.252 e. The number of rotatable bonds is 2. The number of nitrogens with zero attached hydrogens (tertiary/aromatic N) is 2. The third-order valence-corrected chi connectivity index (χ3v) is 2.03. The normalized spacial score (nSPS) is 11.7. The molecule has 1 radical (unpaired) electrons. The molecule has 0 saturated carbocycles. The first-order chi connectivity index (χ1) is 6.43. The topological polar surface area (TPSA) is 50.3 Å². The number of hydrogen-bond donors (Lipinski definition) is 1. The predicted octanol–water partition coefficient (Wildman–Crippen LogP) is 0.734. The van der Waals surface area contributed by atoms with Crippen molar-refractivity contribution in [3.05, 3.63) is 24.5 Å². The lowest BCUT2D eigenvalue weighted by molar-refractivity contribution is -0.115. The van der Waals surface area contributed by atoms with E-state index in [2.05, 4.69) is 11.2 Å². The molecular formula is C6H4F3N2O2S. The average Bonchev–Trinajstić information content (AvgIpc) is 2.02. The summed E-state index contributed by atoms with van der Waals surface area (Å²) >= 11 is 0. The second kappa shape index (κ2) is 3.82. The van der Waals surface area contributed by atoms with E-state index in [0.29, 0.717) is 0 Å². The highest BCUT2D eigenvalue weighted by Crippen LogP contribution is 2.27. The monoisotopic (exact) mass is 225 g/mol. The second-order valence-electron chi connectivity index (χ2n) is 2.16. The molecule has 0 atom stereocenters. The number of aromatic nitrogens is 1. The third-order valence-electron chi connectivity index (χ3n) is 1.25. The number of hydrogen-bond acceptors (Lipinski definition) is 3. The summed E-state index contributed by atoms with van der Waals surface area (Å²) in [5.41, 5.74) is -0.563. The Balaban J connectivity index is 3.15. The summed E-state index contributed by atoms with van der Waals surface area (Å²) < 4.78 is 56.5. The van der Waals surface area contributed by atoms with Crippen LogP contribution in [0, 0.1) is 6.20 Å². The minimum absolute atomic E-state index is 0.563. The molecule has 0 fully saturated rings. The molecule has 0 aromatic carbocycles. The van der Waals surface area contributed by atoms with E-state index < -0.39 is 27.2 Å². The molecule has 1 heterocycles. The van der Waals surface area contributed by atoms with Gasteiger partial charge in [0.15, 0.2) is 0 Å². The summed E-state index contributed by atoms with van der Waals surface area (Å²) in [7, 11) is -3.77. The van der Waals surface area contributed by atoms with Crippen LogP contribution in [0.1, 0.15) is 0 Å². The van der Waals surface area contributed by atoms with Crippen LogP contribution >= 0.6 is 0 Å². The molecule has 1 aromatic heterocycles. The van der Waals surface area contributed by atoms with Gasteiger partial charge in [-0.2, -0.15) is 4.31 Å². The van der Waals surface area contributed by atoms with Gasteiger partial charge in [-0.15, -0.1) is 13.2 Å². The molecule has 0 spiro atoms. The van der Waals surface area contributed by atoms with Crippen molar-refractivity contribution in [2.45, 2.75) is 6.30 Å². The Morgan fingerprint density at radius 3 is 2.43 bits per heavy atom. The van der Waals surface area contributed by atoms with E-state index in [1.54, 1.807) is 0 Å². The number of halogens is 3. The molecule has 77 valence electrons. The molecule has 0 N–H and O–H groups in total. The van der Waals surface area contributed by atoms with Crippen molar-refractivity contribution in [3.63, 3.8) is 0 Å². The lowest BCUT2D eigenvalue weighted by Gasteiger charge is -2.19. The van der Waals surface area contributed by atoms with Crippen LogP contribution in [0.15, 0.2) is 18.3 Å². The molecule has 1 rings (SSSR count). The number of anilines is 1. The fraction of sp³-hybridized carbons (Fsp3) is 0.167. The molecule has 0 amide bonds. The van der Waals surface area contributed by atoms with E-state index in [4.69, 9.17) is 0 Å². The molecule has 8 heteroatoms. The molecular weight excluding hydrogens is 221 g/mol. The Hall–Kier alpha value is -1.31. The van der Waals surface area contributed by atoms with E-state index in [1.165, 1.54) is 0 Å². The second-order valence-corrected chi connectivity index (χ2v) is 3.04. The Morgan fingerprint density at radius 2 is 2.07 bits per heavy atom. The highest BCUT2D eigenvalue weighted by Gasteiger charge is 2.40. The number of alkyl halides is 3. The van der Waals surface area contributed by atoms with E-state index in [0.717, 1.165) is 18.3 Å². The largest absolute Gasteiger partial charge is 0.498 e.